The van der Waals surface area contributed by atoms with Gasteiger partial charge in [-0.1, -0.05) is 18.2 Å². The minimum atomic E-state index is 0.00742. The van der Waals surface area contributed by atoms with E-state index in [1.807, 2.05) is 30.0 Å². The first-order valence-electron chi connectivity index (χ1n) is 7.17. The van der Waals surface area contributed by atoms with Crippen molar-refractivity contribution in [1.82, 2.24) is 9.88 Å². The zero-order valence-electron chi connectivity index (χ0n) is 11.7. The van der Waals surface area contributed by atoms with Crippen molar-refractivity contribution in [1.29, 1.82) is 0 Å². The predicted octanol–water partition coefficient (Wildman–Crippen LogP) is 2.00. The number of amides is 1. The summed E-state index contributed by atoms with van der Waals surface area (Å²) in [6, 6.07) is 8.08. The van der Waals surface area contributed by atoms with Crippen molar-refractivity contribution in [3.63, 3.8) is 0 Å². The van der Waals surface area contributed by atoms with Crippen molar-refractivity contribution < 1.29 is 9.90 Å². The van der Waals surface area contributed by atoms with E-state index in [0.717, 1.165) is 41.5 Å². The lowest BCUT2D eigenvalue weighted by Crippen LogP contribution is -2.38. The number of aliphatic hydroxyl groups excluding tert-OH is 1. The predicted molar refractivity (Wildman–Crippen MR) is 78.6 cm³/mol. The molecule has 0 spiro atoms. The van der Waals surface area contributed by atoms with Gasteiger partial charge in [-0.25, -0.2) is 0 Å². The average molecular weight is 272 g/mol. The molecule has 0 unspecified atom stereocenters. The van der Waals surface area contributed by atoms with Crippen LogP contribution in [0.2, 0.25) is 0 Å². The van der Waals surface area contributed by atoms with E-state index in [4.69, 9.17) is 0 Å². The van der Waals surface area contributed by atoms with Crippen LogP contribution in [0.5, 0.6) is 0 Å². The summed E-state index contributed by atoms with van der Waals surface area (Å²) < 4.78 is 0. The number of nitrogens with one attached hydrogen (secondary N) is 1. The summed E-state index contributed by atoms with van der Waals surface area (Å²) in [5.74, 6) is 0.120. The van der Waals surface area contributed by atoms with Crippen LogP contribution in [-0.4, -0.2) is 40.1 Å². The second kappa shape index (κ2) is 5.29. The van der Waals surface area contributed by atoms with Gasteiger partial charge in [0.2, 0.25) is 5.91 Å². The van der Waals surface area contributed by atoms with E-state index in [1.54, 1.807) is 0 Å². The number of hydrogen-bond acceptors (Lipinski definition) is 2. The van der Waals surface area contributed by atoms with E-state index in [-0.39, 0.29) is 18.6 Å². The number of para-hydroxylation sites is 1. The van der Waals surface area contributed by atoms with E-state index in [0.29, 0.717) is 6.42 Å². The monoisotopic (exact) mass is 272 g/mol. The maximum absolute atomic E-state index is 12.5. The van der Waals surface area contributed by atoms with Crippen LogP contribution in [0.25, 0.3) is 10.9 Å². The van der Waals surface area contributed by atoms with Gasteiger partial charge in [-0.2, -0.15) is 0 Å². The Kier molecular flexibility index (Phi) is 3.49. The van der Waals surface area contributed by atoms with Gasteiger partial charge in [-0.05, 0) is 31.4 Å². The molecule has 2 N–H and O–H groups in total. The van der Waals surface area contributed by atoms with Crippen molar-refractivity contribution in [2.75, 3.05) is 13.2 Å². The summed E-state index contributed by atoms with van der Waals surface area (Å²) in [6.45, 7) is 2.85. The number of aliphatic hydroxyl groups is 1. The summed E-state index contributed by atoms with van der Waals surface area (Å²) in [5, 5.41) is 10.5. The molecule has 0 radical (unpaired) electrons. The lowest BCUT2D eigenvalue weighted by molar-refractivity contribution is -0.131. The van der Waals surface area contributed by atoms with Gasteiger partial charge in [0, 0.05) is 23.1 Å². The number of carbonyl (C=O) groups excluding carboxylic acids is 1. The lowest BCUT2D eigenvalue weighted by atomic mass is 10.1. The van der Waals surface area contributed by atoms with Gasteiger partial charge in [-0.3, -0.25) is 4.79 Å². The van der Waals surface area contributed by atoms with Gasteiger partial charge in [-0.15, -0.1) is 0 Å². The van der Waals surface area contributed by atoms with Gasteiger partial charge >= 0.3 is 0 Å². The molecule has 1 aliphatic rings. The molecule has 4 nitrogen and oxygen atoms in total. The zero-order chi connectivity index (χ0) is 14.1. The van der Waals surface area contributed by atoms with Crippen LogP contribution < -0.4 is 0 Å². The van der Waals surface area contributed by atoms with Gasteiger partial charge in [0.05, 0.1) is 19.1 Å². The summed E-state index contributed by atoms with van der Waals surface area (Å²) in [6.07, 6.45) is 2.31. The molecule has 0 aliphatic carbocycles. The Balaban J connectivity index is 1.86. The highest BCUT2D eigenvalue weighted by molar-refractivity contribution is 5.90. The third kappa shape index (κ3) is 2.20. The highest BCUT2D eigenvalue weighted by Crippen LogP contribution is 2.24. The number of fused-ring (bicyclic) bond motifs is 1. The highest BCUT2D eigenvalue weighted by atomic mass is 16.3. The SMILES string of the molecule is Cc1[nH]c2ccccc2c1CC(=O)N1CCC[C@@H]1CO. The van der Waals surface area contributed by atoms with Gasteiger partial charge in [0.25, 0.3) is 0 Å². The minimum Gasteiger partial charge on any atom is -0.394 e. The third-order valence-corrected chi connectivity index (χ3v) is 4.26. The first kappa shape index (κ1) is 13.2. The summed E-state index contributed by atoms with van der Waals surface area (Å²) in [5.41, 5.74) is 3.21. The average Bonchev–Trinajstić information content (AvgIpc) is 3.04. The molecule has 0 saturated carbocycles. The second-order valence-electron chi connectivity index (χ2n) is 5.52. The standard InChI is InChI=1S/C16H20N2O2/c1-11-14(13-6-2-3-7-15(13)17-11)9-16(20)18-8-4-5-12(18)10-19/h2-3,6-7,12,17,19H,4-5,8-10H2,1H3/t12-/m1/s1. The molecule has 1 fully saturated rings. The molecule has 0 bridgehead atoms. The van der Waals surface area contributed by atoms with Crippen molar-refractivity contribution in [3.8, 4) is 0 Å². The largest absolute Gasteiger partial charge is 0.394 e. The van der Waals surface area contributed by atoms with Crippen LogP contribution in [-0.2, 0) is 11.2 Å². The molecule has 1 amide bonds. The van der Waals surface area contributed by atoms with Crippen molar-refractivity contribution >= 4 is 16.8 Å². The molecule has 1 saturated heterocycles. The van der Waals surface area contributed by atoms with Crippen molar-refractivity contribution in [3.05, 3.63) is 35.5 Å². The number of aryl methyl sites for hydroxylation is 1. The van der Waals surface area contributed by atoms with E-state index >= 15 is 0 Å². The molecule has 2 heterocycles. The van der Waals surface area contributed by atoms with Crippen molar-refractivity contribution in [2.24, 2.45) is 0 Å². The van der Waals surface area contributed by atoms with Crippen LogP contribution in [0.3, 0.4) is 0 Å². The number of aromatic amines is 1. The molecule has 3 rings (SSSR count). The molecule has 20 heavy (non-hydrogen) atoms. The normalized spacial score (nSPS) is 18.9. The maximum Gasteiger partial charge on any atom is 0.227 e. The van der Waals surface area contributed by atoms with Crippen LogP contribution >= 0.6 is 0 Å². The molecular formula is C16H20N2O2. The second-order valence-corrected chi connectivity index (χ2v) is 5.52. The summed E-state index contributed by atoms with van der Waals surface area (Å²) in [4.78, 5) is 17.6. The smallest absolute Gasteiger partial charge is 0.227 e. The van der Waals surface area contributed by atoms with E-state index < -0.39 is 0 Å². The zero-order valence-corrected chi connectivity index (χ0v) is 11.7. The first-order chi connectivity index (χ1) is 9.70. The molecular weight excluding hydrogens is 252 g/mol. The molecule has 1 aromatic carbocycles. The van der Waals surface area contributed by atoms with Crippen LogP contribution in [0, 0.1) is 6.92 Å². The van der Waals surface area contributed by atoms with Crippen molar-refractivity contribution in [2.45, 2.75) is 32.2 Å². The Labute approximate surface area is 118 Å². The Bertz CT molecular complexity index is 632. The maximum atomic E-state index is 12.5. The Morgan fingerprint density at radius 3 is 3.05 bits per heavy atom. The third-order valence-electron chi connectivity index (χ3n) is 4.26. The summed E-state index contributed by atoms with van der Waals surface area (Å²) >= 11 is 0. The molecule has 2 aromatic rings. The highest BCUT2D eigenvalue weighted by Gasteiger charge is 2.28. The molecule has 1 atom stereocenters. The Morgan fingerprint density at radius 1 is 1.45 bits per heavy atom. The first-order valence-corrected chi connectivity index (χ1v) is 7.17. The van der Waals surface area contributed by atoms with Gasteiger partial charge in [0.1, 0.15) is 0 Å². The Morgan fingerprint density at radius 2 is 2.25 bits per heavy atom. The quantitative estimate of drug-likeness (QED) is 0.898. The number of H-pyrrole nitrogens is 1. The summed E-state index contributed by atoms with van der Waals surface area (Å²) in [7, 11) is 0. The van der Waals surface area contributed by atoms with Crippen LogP contribution in [0.4, 0.5) is 0 Å². The number of rotatable bonds is 3. The topological polar surface area (TPSA) is 56.3 Å². The Hall–Kier alpha value is -1.81. The fraction of sp³-hybridized carbons (Fsp3) is 0.438. The molecule has 4 heteroatoms. The number of benzene rings is 1. The number of aromatic nitrogens is 1. The van der Waals surface area contributed by atoms with E-state index in [9.17, 15) is 9.90 Å². The van der Waals surface area contributed by atoms with Gasteiger partial charge < -0.3 is 15.0 Å². The molecule has 1 aliphatic heterocycles. The fourth-order valence-corrected chi connectivity index (χ4v) is 3.17. The van der Waals surface area contributed by atoms with E-state index in [2.05, 4.69) is 11.1 Å². The number of hydrogen-bond donors (Lipinski definition) is 2. The van der Waals surface area contributed by atoms with E-state index in [1.165, 1.54) is 0 Å². The van der Waals surface area contributed by atoms with Gasteiger partial charge in [0.15, 0.2) is 0 Å². The number of likely N-dealkylation sites (tertiary alicyclic amines) is 1. The minimum absolute atomic E-state index is 0.00742. The molecule has 1 aromatic heterocycles. The lowest BCUT2D eigenvalue weighted by Gasteiger charge is -2.23. The molecule has 106 valence electrons. The number of nitrogens with zero attached hydrogens (tertiary/aromatic N) is 1. The number of carbonyl (C=O) groups is 1. The van der Waals surface area contributed by atoms with Crippen LogP contribution in [0.15, 0.2) is 24.3 Å². The van der Waals surface area contributed by atoms with Crippen LogP contribution in [0.1, 0.15) is 24.1 Å². The fourth-order valence-electron chi connectivity index (χ4n) is 3.17.